The summed E-state index contributed by atoms with van der Waals surface area (Å²) in [4.78, 5) is 8.35. The SMILES string of the molecule is CO[Si](CCCS)(OC)OC.N=C=O. The number of isocyanates is 1. The number of rotatable bonds is 6. The molecule has 0 rings (SSSR count). The second-order valence-electron chi connectivity index (χ2n) is 2.22. The molecule has 14 heavy (non-hydrogen) atoms. The highest BCUT2D eigenvalue weighted by molar-refractivity contribution is 7.80. The van der Waals surface area contributed by atoms with Crippen LogP contribution in [0.5, 0.6) is 0 Å². The Labute approximate surface area is 91.0 Å². The van der Waals surface area contributed by atoms with Crippen LogP contribution in [0.4, 0.5) is 0 Å². The maximum atomic E-state index is 8.35. The highest BCUT2D eigenvalue weighted by Gasteiger charge is 2.36. The van der Waals surface area contributed by atoms with Crippen LogP contribution in [0.25, 0.3) is 0 Å². The molecule has 0 atom stereocenters. The minimum absolute atomic E-state index is 0.750. The lowest BCUT2D eigenvalue weighted by molar-refractivity contribution is 0.123. The molecule has 0 unspecified atom stereocenters. The summed E-state index contributed by atoms with van der Waals surface area (Å²) >= 11 is 4.10. The van der Waals surface area contributed by atoms with Crippen molar-refractivity contribution in [3.05, 3.63) is 0 Å². The molecule has 0 radical (unpaired) electrons. The molecule has 0 bridgehead atoms. The summed E-state index contributed by atoms with van der Waals surface area (Å²) in [5.74, 6) is 0.838. The Balaban J connectivity index is 0. The quantitative estimate of drug-likeness (QED) is 0.315. The molecule has 7 heteroatoms. The van der Waals surface area contributed by atoms with E-state index in [0.29, 0.717) is 0 Å². The average molecular weight is 239 g/mol. The Morgan fingerprint density at radius 3 is 1.86 bits per heavy atom. The van der Waals surface area contributed by atoms with Crippen LogP contribution in [0.3, 0.4) is 0 Å². The van der Waals surface area contributed by atoms with E-state index < -0.39 is 8.80 Å². The Hall–Kier alpha value is -0.173. The molecular weight excluding hydrogens is 222 g/mol. The molecule has 0 aliphatic rings. The molecule has 0 aromatic carbocycles. The Kier molecular flexibility index (Phi) is 12.7. The Morgan fingerprint density at radius 1 is 1.29 bits per heavy atom. The van der Waals surface area contributed by atoms with Crippen molar-refractivity contribution in [2.75, 3.05) is 27.1 Å². The third-order valence-corrected chi connectivity index (χ3v) is 4.72. The maximum Gasteiger partial charge on any atom is 0.500 e. The van der Waals surface area contributed by atoms with Gasteiger partial charge in [-0.25, -0.2) is 10.2 Å². The first-order valence-electron chi connectivity index (χ1n) is 3.96. The molecule has 5 nitrogen and oxygen atoms in total. The van der Waals surface area contributed by atoms with Crippen molar-refractivity contribution < 1.29 is 18.1 Å². The van der Waals surface area contributed by atoms with Gasteiger partial charge in [0.1, 0.15) is 0 Å². The number of hydrogen-bond donors (Lipinski definition) is 2. The summed E-state index contributed by atoms with van der Waals surface area (Å²) in [6.07, 6.45) is 1.71. The number of nitrogens with one attached hydrogen (secondary N) is 1. The third-order valence-electron chi connectivity index (χ3n) is 1.57. The fourth-order valence-corrected chi connectivity index (χ4v) is 3.03. The number of carbonyl (C=O) groups excluding carboxylic acids is 1. The van der Waals surface area contributed by atoms with Gasteiger partial charge in [0.15, 0.2) is 0 Å². The van der Waals surface area contributed by atoms with Crippen molar-refractivity contribution in [1.29, 1.82) is 5.41 Å². The molecule has 84 valence electrons. The van der Waals surface area contributed by atoms with Crippen LogP contribution in [0, 0.1) is 5.41 Å². The molecule has 0 fully saturated rings. The van der Waals surface area contributed by atoms with E-state index in [9.17, 15) is 0 Å². The van der Waals surface area contributed by atoms with Crippen molar-refractivity contribution in [2.45, 2.75) is 12.5 Å². The zero-order chi connectivity index (χ0) is 11.4. The molecule has 0 saturated heterocycles. The van der Waals surface area contributed by atoms with Crippen molar-refractivity contribution in [3.8, 4) is 0 Å². The van der Waals surface area contributed by atoms with Gasteiger partial charge in [-0.3, -0.25) is 0 Å². The van der Waals surface area contributed by atoms with E-state index in [2.05, 4.69) is 12.6 Å². The summed E-state index contributed by atoms with van der Waals surface area (Å²) < 4.78 is 15.6. The predicted octanol–water partition coefficient (Wildman–Crippen LogP) is 1.09. The fourth-order valence-electron chi connectivity index (χ4n) is 0.852. The highest BCUT2D eigenvalue weighted by atomic mass is 32.1. The second kappa shape index (κ2) is 10.9. The summed E-state index contributed by atoms with van der Waals surface area (Å²) in [5, 5.41) is 5.40. The molecule has 0 saturated carbocycles. The van der Waals surface area contributed by atoms with Gasteiger partial charge in [-0.1, -0.05) is 0 Å². The van der Waals surface area contributed by atoms with Gasteiger partial charge in [-0.15, -0.1) is 0 Å². The van der Waals surface area contributed by atoms with Crippen LogP contribution in [0.15, 0.2) is 0 Å². The Morgan fingerprint density at radius 2 is 1.64 bits per heavy atom. The van der Waals surface area contributed by atoms with E-state index >= 15 is 0 Å². The zero-order valence-corrected chi connectivity index (χ0v) is 10.6. The topological polar surface area (TPSA) is 68.6 Å². The molecular formula is C7H17NO4SSi. The highest BCUT2D eigenvalue weighted by Crippen LogP contribution is 2.14. The van der Waals surface area contributed by atoms with E-state index in [0.717, 1.165) is 24.3 Å². The zero-order valence-electron chi connectivity index (χ0n) is 8.70. The van der Waals surface area contributed by atoms with Gasteiger partial charge in [0.2, 0.25) is 6.08 Å². The van der Waals surface area contributed by atoms with Gasteiger partial charge < -0.3 is 13.3 Å². The van der Waals surface area contributed by atoms with Crippen LogP contribution in [-0.4, -0.2) is 42.0 Å². The van der Waals surface area contributed by atoms with Crippen molar-refractivity contribution in [1.82, 2.24) is 0 Å². The molecule has 0 aromatic rings. The van der Waals surface area contributed by atoms with E-state index in [1.807, 2.05) is 0 Å². The lowest BCUT2D eigenvalue weighted by Crippen LogP contribution is -2.42. The average Bonchev–Trinajstić information content (AvgIpc) is 2.22. The maximum absolute atomic E-state index is 8.35. The summed E-state index contributed by atoms with van der Waals surface area (Å²) in [6.45, 7) is 0. The standard InChI is InChI=1S/C6H16O3SSi.CHNO/c1-7-11(8-2,9-3)6-4-5-10;2-1-3/h10H,4-6H2,1-3H3;2H. The van der Waals surface area contributed by atoms with Crippen LogP contribution in [-0.2, 0) is 18.1 Å². The molecule has 0 spiro atoms. The van der Waals surface area contributed by atoms with Crippen molar-refractivity contribution in [2.24, 2.45) is 0 Å². The van der Waals surface area contributed by atoms with Crippen LogP contribution in [0.1, 0.15) is 6.42 Å². The minimum Gasteiger partial charge on any atom is -0.377 e. The molecule has 0 amide bonds. The van der Waals surface area contributed by atoms with Gasteiger partial charge in [-0.05, 0) is 12.2 Å². The van der Waals surface area contributed by atoms with E-state index in [-0.39, 0.29) is 0 Å². The van der Waals surface area contributed by atoms with Crippen LogP contribution in [0.2, 0.25) is 6.04 Å². The largest absolute Gasteiger partial charge is 0.500 e. The first kappa shape index (κ1) is 16.3. The van der Waals surface area contributed by atoms with Crippen molar-refractivity contribution in [3.63, 3.8) is 0 Å². The first-order valence-corrected chi connectivity index (χ1v) is 6.53. The van der Waals surface area contributed by atoms with Gasteiger partial charge in [0, 0.05) is 27.4 Å². The molecule has 0 aliphatic carbocycles. The van der Waals surface area contributed by atoms with E-state index in [4.69, 9.17) is 23.5 Å². The van der Waals surface area contributed by atoms with E-state index in [1.165, 1.54) is 0 Å². The van der Waals surface area contributed by atoms with Gasteiger partial charge in [-0.2, -0.15) is 12.6 Å². The predicted molar refractivity (Wildman–Crippen MR) is 58.5 cm³/mol. The van der Waals surface area contributed by atoms with Gasteiger partial charge in [0.05, 0.1) is 0 Å². The second-order valence-corrected chi connectivity index (χ2v) is 5.76. The lowest BCUT2D eigenvalue weighted by atomic mass is 10.6. The molecule has 0 heterocycles. The van der Waals surface area contributed by atoms with Crippen LogP contribution >= 0.6 is 12.6 Å². The summed E-state index contributed by atoms with van der Waals surface area (Å²) in [7, 11) is 2.58. The first-order chi connectivity index (χ1) is 6.66. The van der Waals surface area contributed by atoms with Crippen molar-refractivity contribution >= 4 is 27.5 Å². The number of hydrogen-bond acceptors (Lipinski definition) is 6. The Bertz CT molecular complexity index is 152. The van der Waals surface area contributed by atoms with Gasteiger partial charge in [0.25, 0.3) is 0 Å². The summed E-state index contributed by atoms with van der Waals surface area (Å²) in [6, 6.07) is 0.833. The minimum atomic E-state index is -2.29. The monoisotopic (exact) mass is 239 g/mol. The van der Waals surface area contributed by atoms with Crippen LogP contribution < -0.4 is 0 Å². The smallest absolute Gasteiger partial charge is 0.377 e. The normalized spacial score (nSPS) is 10.0. The molecule has 0 aliphatic heterocycles. The third kappa shape index (κ3) is 7.25. The number of thiol groups is 1. The molecule has 1 N–H and O–H groups in total. The fraction of sp³-hybridized carbons (Fsp3) is 0.857. The van der Waals surface area contributed by atoms with E-state index in [1.54, 1.807) is 21.3 Å². The van der Waals surface area contributed by atoms with Gasteiger partial charge >= 0.3 is 8.80 Å². The molecule has 0 aromatic heterocycles. The lowest BCUT2D eigenvalue weighted by Gasteiger charge is -2.23. The summed E-state index contributed by atoms with van der Waals surface area (Å²) in [5.41, 5.74) is 0.